The lowest BCUT2D eigenvalue weighted by Gasteiger charge is -2.30. The number of anilines is 1. The Balaban J connectivity index is 1.47. The largest absolute Gasteiger partial charge is 0.496 e. The van der Waals surface area contributed by atoms with Gasteiger partial charge >= 0.3 is 0 Å². The molecule has 1 atom stereocenters. The summed E-state index contributed by atoms with van der Waals surface area (Å²) < 4.78 is 17.6. The molecule has 0 saturated carbocycles. The van der Waals surface area contributed by atoms with Gasteiger partial charge in [0.2, 0.25) is 5.91 Å². The van der Waals surface area contributed by atoms with Crippen LogP contribution in [0.5, 0.6) is 17.2 Å². The molecule has 7 nitrogen and oxygen atoms in total. The molecule has 1 N–H and O–H groups in total. The van der Waals surface area contributed by atoms with Gasteiger partial charge in [0.15, 0.2) is 5.13 Å². The van der Waals surface area contributed by atoms with Crippen LogP contribution >= 0.6 is 11.3 Å². The quantitative estimate of drug-likeness (QED) is 0.570. The second kappa shape index (κ2) is 9.48. The lowest BCUT2D eigenvalue weighted by molar-refractivity contribution is -0.131. The van der Waals surface area contributed by atoms with Gasteiger partial charge in [-0.05, 0) is 31.1 Å². The zero-order valence-electron chi connectivity index (χ0n) is 18.7. The number of para-hydroxylation sites is 1. The molecule has 0 saturated heterocycles. The van der Waals surface area contributed by atoms with Gasteiger partial charge < -0.3 is 24.4 Å². The average Bonchev–Trinajstić information content (AvgIpc) is 3.24. The molecule has 1 unspecified atom stereocenters. The van der Waals surface area contributed by atoms with Crippen molar-refractivity contribution in [1.29, 1.82) is 0 Å². The van der Waals surface area contributed by atoms with E-state index in [1.165, 1.54) is 0 Å². The van der Waals surface area contributed by atoms with Gasteiger partial charge in [0.25, 0.3) is 0 Å². The normalized spacial score (nSPS) is 14.6. The summed E-state index contributed by atoms with van der Waals surface area (Å²) in [6, 6.07) is 11.3. The van der Waals surface area contributed by atoms with Crippen LogP contribution < -0.4 is 19.5 Å². The van der Waals surface area contributed by atoms with Crippen LogP contribution in [0.25, 0.3) is 15.8 Å². The van der Waals surface area contributed by atoms with Crippen molar-refractivity contribution in [2.45, 2.75) is 19.4 Å². The minimum Gasteiger partial charge on any atom is -0.496 e. The fourth-order valence-electron chi connectivity index (χ4n) is 3.87. The summed E-state index contributed by atoms with van der Waals surface area (Å²) in [5.41, 5.74) is 2.94. The van der Waals surface area contributed by atoms with Crippen LogP contribution in [-0.4, -0.2) is 56.3 Å². The Labute approximate surface area is 191 Å². The van der Waals surface area contributed by atoms with Crippen LogP contribution in [0.2, 0.25) is 0 Å². The van der Waals surface area contributed by atoms with Crippen LogP contribution in [0.1, 0.15) is 18.9 Å². The summed E-state index contributed by atoms with van der Waals surface area (Å²) in [5, 5.41) is 4.02. The van der Waals surface area contributed by atoms with Crippen molar-refractivity contribution in [1.82, 2.24) is 9.88 Å². The molecule has 32 heavy (non-hydrogen) atoms. The lowest BCUT2D eigenvalue weighted by atomic mass is 9.97. The van der Waals surface area contributed by atoms with Crippen LogP contribution in [0, 0.1) is 0 Å². The molecule has 2 heterocycles. The molecule has 3 aromatic rings. The van der Waals surface area contributed by atoms with Crippen molar-refractivity contribution in [2.24, 2.45) is 0 Å². The van der Waals surface area contributed by atoms with E-state index >= 15 is 0 Å². The first kappa shape index (κ1) is 22.0. The number of rotatable bonds is 7. The van der Waals surface area contributed by atoms with Crippen molar-refractivity contribution in [3.63, 3.8) is 0 Å². The zero-order valence-corrected chi connectivity index (χ0v) is 19.5. The van der Waals surface area contributed by atoms with E-state index in [2.05, 4.69) is 16.4 Å². The SMILES string of the molecule is COc1cc(OC)c(C2=CCN(C(=O)C(C)Nc3nc4ccccc4s3)CC2)c(OC)c1. The van der Waals surface area contributed by atoms with E-state index in [4.69, 9.17) is 14.2 Å². The van der Waals surface area contributed by atoms with E-state index in [-0.39, 0.29) is 11.9 Å². The number of nitrogens with one attached hydrogen (secondary N) is 1. The monoisotopic (exact) mass is 453 g/mol. The maximum absolute atomic E-state index is 13.0. The highest BCUT2D eigenvalue weighted by atomic mass is 32.1. The molecule has 4 rings (SSSR count). The number of thiazole rings is 1. The molecule has 1 aliphatic heterocycles. The third-order valence-electron chi connectivity index (χ3n) is 5.56. The highest BCUT2D eigenvalue weighted by Gasteiger charge is 2.26. The van der Waals surface area contributed by atoms with Crippen molar-refractivity contribution >= 4 is 38.2 Å². The Hall–Kier alpha value is -3.26. The summed E-state index contributed by atoms with van der Waals surface area (Å²) in [7, 11) is 4.87. The fourth-order valence-corrected chi connectivity index (χ4v) is 4.83. The van der Waals surface area contributed by atoms with E-state index < -0.39 is 0 Å². The molecule has 8 heteroatoms. The lowest BCUT2D eigenvalue weighted by Crippen LogP contribution is -2.43. The number of aromatic nitrogens is 1. The number of benzene rings is 2. The molecule has 0 radical (unpaired) electrons. The summed E-state index contributed by atoms with van der Waals surface area (Å²) >= 11 is 1.56. The number of hydrogen-bond donors (Lipinski definition) is 1. The highest BCUT2D eigenvalue weighted by molar-refractivity contribution is 7.22. The van der Waals surface area contributed by atoms with Crippen LogP contribution in [0.3, 0.4) is 0 Å². The molecule has 0 spiro atoms. The number of fused-ring (bicyclic) bond motifs is 1. The van der Waals surface area contributed by atoms with Gasteiger partial charge in [0, 0.05) is 25.2 Å². The Morgan fingerprint density at radius 3 is 2.44 bits per heavy atom. The molecule has 0 fully saturated rings. The average molecular weight is 454 g/mol. The third-order valence-corrected chi connectivity index (χ3v) is 6.53. The Morgan fingerprint density at radius 2 is 1.84 bits per heavy atom. The summed E-state index contributed by atoms with van der Waals surface area (Å²) in [4.78, 5) is 19.5. The molecule has 1 amide bonds. The van der Waals surface area contributed by atoms with Crippen LogP contribution in [0.4, 0.5) is 5.13 Å². The number of amides is 1. The van der Waals surface area contributed by atoms with Crippen molar-refractivity contribution in [3.05, 3.63) is 48.0 Å². The van der Waals surface area contributed by atoms with E-state index in [0.29, 0.717) is 36.8 Å². The first-order valence-corrected chi connectivity index (χ1v) is 11.3. The Bertz CT molecular complexity index is 1100. The molecule has 0 aliphatic carbocycles. The minimum absolute atomic E-state index is 0.0493. The third kappa shape index (κ3) is 4.36. The minimum atomic E-state index is -0.365. The van der Waals surface area contributed by atoms with E-state index in [1.54, 1.807) is 32.7 Å². The van der Waals surface area contributed by atoms with E-state index in [9.17, 15) is 4.79 Å². The van der Waals surface area contributed by atoms with Gasteiger partial charge in [0.05, 0.1) is 37.1 Å². The van der Waals surface area contributed by atoms with Gasteiger partial charge in [-0.15, -0.1) is 0 Å². The van der Waals surface area contributed by atoms with Crippen molar-refractivity contribution < 1.29 is 19.0 Å². The second-order valence-electron chi connectivity index (χ2n) is 7.52. The predicted octanol–water partition coefficient (Wildman–Crippen LogP) is 4.44. The van der Waals surface area contributed by atoms with Gasteiger partial charge in [-0.1, -0.05) is 29.5 Å². The topological polar surface area (TPSA) is 72.9 Å². The Morgan fingerprint density at radius 1 is 1.12 bits per heavy atom. The summed E-state index contributed by atoms with van der Waals surface area (Å²) in [6.07, 6.45) is 2.78. The molecule has 0 bridgehead atoms. The number of ether oxygens (including phenoxy) is 3. The summed E-state index contributed by atoms with van der Waals surface area (Å²) in [6.45, 7) is 3.02. The second-order valence-corrected chi connectivity index (χ2v) is 8.55. The molecular weight excluding hydrogens is 426 g/mol. The molecular formula is C24H27N3O4S. The maximum Gasteiger partial charge on any atom is 0.245 e. The highest BCUT2D eigenvalue weighted by Crippen LogP contribution is 2.41. The first-order chi connectivity index (χ1) is 15.5. The Kier molecular flexibility index (Phi) is 6.50. The number of hydrogen-bond acceptors (Lipinski definition) is 7. The molecule has 168 valence electrons. The van der Waals surface area contributed by atoms with Gasteiger partial charge in [-0.3, -0.25) is 4.79 Å². The van der Waals surface area contributed by atoms with Crippen molar-refractivity contribution in [3.8, 4) is 17.2 Å². The van der Waals surface area contributed by atoms with Crippen molar-refractivity contribution in [2.75, 3.05) is 39.7 Å². The van der Waals surface area contributed by atoms with Crippen LogP contribution in [0.15, 0.2) is 42.5 Å². The fraction of sp³-hybridized carbons (Fsp3) is 0.333. The van der Waals surface area contributed by atoms with Gasteiger partial charge in [-0.2, -0.15) is 0 Å². The summed E-state index contributed by atoms with van der Waals surface area (Å²) in [5.74, 6) is 2.11. The van der Waals surface area contributed by atoms with Gasteiger partial charge in [0.1, 0.15) is 23.3 Å². The number of methoxy groups -OCH3 is 3. The van der Waals surface area contributed by atoms with E-state index in [0.717, 1.165) is 26.5 Å². The number of nitrogens with zero attached hydrogens (tertiary/aromatic N) is 2. The molecule has 1 aromatic heterocycles. The maximum atomic E-state index is 13.0. The standard InChI is InChI=1S/C24H27N3O4S/c1-15(25-24-26-18-7-5-6-8-21(18)32-24)23(28)27-11-9-16(10-12-27)22-19(30-3)13-17(29-2)14-20(22)31-4/h5-9,13-15H,10-12H2,1-4H3,(H,25,26). The molecule has 2 aromatic carbocycles. The van der Waals surface area contributed by atoms with Gasteiger partial charge in [-0.25, -0.2) is 4.98 Å². The smallest absolute Gasteiger partial charge is 0.245 e. The number of carbonyl (C=O) groups is 1. The first-order valence-electron chi connectivity index (χ1n) is 10.4. The number of carbonyl (C=O) groups excluding carboxylic acids is 1. The van der Waals surface area contributed by atoms with E-state index in [1.807, 2.05) is 48.2 Å². The molecule has 1 aliphatic rings. The zero-order chi connectivity index (χ0) is 22.7. The van der Waals surface area contributed by atoms with Crippen LogP contribution in [-0.2, 0) is 4.79 Å². The predicted molar refractivity (Wildman–Crippen MR) is 128 cm³/mol.